The van der Waals surface area contributed by atoms with Crippen LogP contribution in [0.4, 0.5) is 4.39 Å². The molecule has 0 saturated carbocycles. The number of benzene rings is 1. The average Bonchev–Trinajstić information content (AvgIpc) is 3.24. The first-order chi connectivity index (χ1) is 13.2. The van der Waals surface area contributed by atoms with Gasteiger partial charge >= 0.3 is 0 Å². The summed E-state index contributed by atoms with van der Waals surface area (Å²) in [5.41, 5.74) is 0. The van der Waals surface area contributed by atoms with Crippen molar-refractivity contribution in [3.8, 4) is 0 Å². The van der Waals surface area contributed by atoms with Gasteiger partial charge in [-0.05, 0) is 36.4 Å². The van der Waals surface area contributed by atoms with E-state index in [1.54, 1.807) is 48.0 Å². The molecule has 1 aromatic heterocycles. The van der Waals surface area contributed by atoms with Gasteiger partial charge in [0.2, 0.25) is 0 Å². The number of hydrogen-bond acceptors (Lipinski definition) is 4. The second-order valence-electron chi connectivity index (χ2n) is 6.03. The highest BCUT2D eigenvalue weighted by atomic mass is 127. The van der Waals surface area contributed by atoms with E-state index in [9.17, 15) is 9.18 Å². The van der Waals surface area contributed by atoms with Crippen LogP contribution in [0.1, 0.15) is 10.6 Å². The van der Waals surface area contributed by atoms with Crippen LogP contribution in [-0.4, -0.2) is 67.2 Å². The van der Waals surface area contributed by atoms with Gasteiger partial charge in [-0.25, -0.2) is 4.39 Å². The van der Waals surface area contributed by atoms with Crippen LogP contribution in [0.15, 0.2) is 57.0 Å². The first-order valence-corrected chi connectivity index (χ1v) is 9.82. The van der Waals surface area contributed by atoms with Crippen LogP contribution >= 0.6 is 35.7 Å². The number of halogens is 2. The van der Waals surface area contributed by atoms with Crippen molar-refractivity contribution in [1.82, 2.24) is 15.1 Å². The Morgan fingerprint density at radius 2 is 1.86 bits per heavy atom. The summed E-state index contributed by atoms with van der Waals surface area (Å²) in [4.78, 5) is 21.6. The Hall–Kier alpha value is -1.75. The second-order valence-corrected chi connectivity index (χ2v) is 7.20. The molecule has 1 amide bonds. The smallest absolute Gasteiger partial charge is 0.289 e. The minimum Gasteiger partial charge on any atom is -0.459 e. The van der Waals surface area contributed by atoms with E-state index in [-0.39, 0.29) is 35.7 Å². The number of nitrogens with zero attached hydrogens (tertiary/aromatic N) is 3. The molecule has 6 nitrogen and oxygen atoms in total. The third kappa shape index (κ3) is 6.13. The fraction of sp³-hybridized carbons (Fsp3) is 0.368. The highest BCUT2D eigenvalue weighted by Gasteiger charge is 2.24. The maximum atomic E-state index is 12.9. The third-order valence-corrected chi connectivity index (χ3v) is 5.29. The van der Waals surface area contributed by atoms with Crippen LogP contribution in [0, 0.1) is 5.82 Å². The van der Waals surface area contributed by atoms with Gasteiger partial charge in [0.15, 0.2) is 11.7 Å². The molecule has 1 aromatic carbocycles. The number of aliphatic imine (C=N–C) groups is 1. The molecule has 3 rings (SSSR count). The molecule has 0 spiro atoms. The Labute approximate surface area is 185 Å². The van der Waals surface area contributed by atoms with E-state index >= 15 is 0 Å². The second kappa shape index (κ2) is 11.3. The van der Waals surface area contributed by atoms with Crippen LogP contribution in [0.5, 0.6) is 0 Å². The van der Waals surface area contributed by atoms with Crippen LogP contribution in [0.2, 0.25) is 0 Å². The lowest BCUT2D eigenvalue weighted by molar-refractivity contribution is 0.0658. The van der Waals surface area contributed by atoms with Gasteiger partial charge in [0, 0.05) is 50.4 Å². The summed E-state index contributed by atoms with van der Waals surface area (Å²) in [5.74, 6) is 1.77. The molecule has 0 bridgehead atoms. The van der Waals surface area contributed by atoms with Crippen LogP contribution in [-0.2, 0) is 0 Å². The largest absolute Gasteiger partial charge is 0.459 e. The van der Waals surface area contributed by atoms with Crippen LogP contribution in [0.3, 0.4) is 0 Å². The van der Waals surface area contributed by atoms with E-state index in [2.05, 4.69) is 15.2 Å². The van der Waals surface area contributed by atoms with E-state index in [0.29, 0.717) is 18.8 Å². The van der Waals surface area contributed by atoms with Gasteiger partial charge in [-0.3, -0.25) is 9.79 Å². The number of nitrogens with one attached hydrogen (secondary N) is 1. The fourth-order valence-electron chi connectivity index (χ4n) is 2.87. The van der Waals surface area contributed by atoms with E-state index in [1.165, 1.54) is 18.4 Å². The number of thioether (sulfide) groups is 1. The minimum absolute atomic E-state index is 0. The molecule has 0 unspecified atom stereocenters. The lowest BCUT2D eigenvalue weighted by Crippen LogP contribution is -2.54. The van der Waals surface area contributed by atoms with Crippen molar-refractivity contribution >= 4 is 47.6 Å². The van der Waals surface area contributed by atoms with Gasteiger partial charge in [0.25, 0.3) is 5.91 Å². The molecule has 2 aromatic rings. The Morgan fingerprint density at radius 1 is 1.18 bits per heavy atom. The van der Waals surface area contributed by atoms with Gasteiger partial charge < -0.3 is 19.5 Å². The molecule has 9 heteroatoms. The number of carbonyl (C=O) groups excluding carboxylic acids is 1. The SMILES string of the molecule is CN=C(NCCSc1ccc(F)cc1)N1CCN(C(=O)c2ccco2)CC1.I. The molecular weight excluding hydrogens is 494 g/mol. The number of carbonyl (C=O) groups is 1. The molecular formula is C19H24FIN4O2S. The molecule has 152 valence electrons. The summed E-state index contributed by atoms with van der Waals surface area (Å²) in [6.45, 7) is 3.45. The predicted octanol–water partition coefficient (Wildman–Crippen LogP) is 3.16. The summed E-state index contributed by atoms with van der Waals surface area (Å²) < 4.78 is 18.1. The van der Waals surface area contributed by atoms with Crippen molar-refractivity contribution in [2.75, 3.05) is 45.5 Å². The molecule has 28 heavy (non-hydrogen) atoms. The summed E-state index contributed by atoms with van der Waals surface area (Å²) in [5, 5.41) is 3.35. The monoisotopic (exact) mass is 518 g/mol. The molecule has 1 aliphatic heterocycles. The molecule has 1 aliphatic rings. The molecule has 1 fully saturated rings. The van der Waals surface area contributed by atoms with E-state index in [1.807, 2.05) is 0 Å². The molecule has 0 radical (unpaired) electrons. The average molecular weight is 518 g/mol. The molecule has 1 N–H and O–H groups in total. The summed E-state index contributed by atoms with van der Waals surface area (Å²) in [7, 11) is 1.76. The van der Waals surface area contributed by atoms with Gasteiger partial charge in [-0.15, -0.1) is 35.7 Å². The Morgan fingerprint density at radius 3 is 2.46 bits per heavy atom. The van der Waals surface area contributed by atoms with Crippen molar-refractivity contribution in [3.05, 3.63) is 54.2 Å². The zero-order valence-corrected chi connectivity index (χ0v) is 18.8. The highest BCUT2D eigenvalue weighted by molar-refractivity contribution is 14.0. The number of amides is 1. The number of piperazine rings is 1. The predicted molar refractivity (Wildman–Crippen MR) is 120 cm³/mol. The number of furan rings is 1. The maximum absolute atomic E-state index is 12.9. The molecule has 0 atom stereocenters. The molecule has 0 aliphatic carbocycles. The third-order valence-electron chi connectivity index (χ3n) is 4.28. The summed E-state index contributed by atoms with van der Waals surface area (Å²) in [6, 6.07) is 9.91. The zero-order valence-electron chi connectivity index (χ0n) is 15.6. The lowest BCUT2D eigenvalue weighted by atomic mass is 10.3. The summed E-state index contributed by atoms with van der Waals surface area (Å²) >= 11 is 1.67. The first-order valence-electron chi connectivity index (χ1n) is 8.84. The van der Waals surface area contributed by atoms with Crippen LogP contribution < -0.4 is 5.32 Å². The molecule has 1 saturated heterocycles. The minimum atomic E-state index is -0.220. The number of rotatable bonds is 5. The van der Waals surface area contributed by atoms with Crippen molar-refractivity contribution < 1.29 is 13.6 Å². The highest BCUT2D eigenvalue weighted by Crippen LogP contribution is 2.17. The van der Waals surface area contributed by atoms with Gasteiger partial charge in [-0.2, -0.15) is 0 Å². The molecule has 2 heterocycles. The van der Waals surface area contributed by atoms with E-state index < -0.39 is 0 Å². The van der Waals surface area contributed by atoms with Crippen LogP contribution in [0.25, 0.3) is 0 Å². The quantitative estimate of drug-likeness (QED) is 0.217. The van der Waals surface area contributed by atoms with Gasteiger partial charge in [0.05, 0.1) is 6.26 Å². The summed E-state index contributed by atoms with van der Waals surface area (Å²) in [6.07, 6.45) is 1.51. The van der Waals surface area contributed by atoms with Crippen molar-refractivity contribution in [2.24, 2.45) is 4.99 Å². The van der Waals surface area contributed by atoms with Crippen molar-refractivity contribution in [1.29, 1.82) is 0 Å². The standard InChI is InChI=1S/C19H23FN4O2S.HI/c1-21-19(22-8-14-27-16-6-4-15(20)5-7-16)24-11-9-23(10-12-24)18(25)17-3-2-13-26-17;/h2-7,13H,8-12,14H2,1H3,(H,21,22);1H. The van der Waals surface area contributed by atoms with Gasteiger partial charge in [-0.1, -0.05) is 0 Å². The zero-order chi connectivity index (χ0) is 19.1. The topological polar surface area (TPSA) is 61.1 Å². The number of guanidine groups is 1. The maximum Gasteiger partial charge on any atom is 0.289 e. The number of hydrogen-bond donors (Lipinski definition) is 1. The Kier molecular flexibility index (Phi) is 9.10. The van der Waals surface area contributed by atoms with Crippen molar-refractivity contribution in [2.45, 2.75) is 4.90 Å². The van der Waals surface area contributed by atoms with E-state index in [0.717, 1.165) is 36.2 Å². The van der Waals surface area contributed by atoms with E-state index in [4.69, 9.17) is 4.42 Å². The lowest BCUT2D eigenvalue weighted by Gasteiger charge is -2.36. The first kappa shape index (κ1) is 22.5. The van der Waals surface area contributed by atoms with Crippen molar-refractivity contribution in [3.63, 3.8) is 0 Å². The Bertz CT molecular complexity index is 763. The normalized spacial score (nSPS) is 14.6. The Balaban J connectivity index is 0.00000280. The fourth-order valence-corrected chi connectivity index (χ4v) is 3.64. The van der Waals surface area contributed by atoms with Gasteiger partial charge in [0.1, 0.15) is 5.82 Å².